The van der Waals surface area contributed by atoms with Crippen molar-refractivity contribution in [2.24, 2.45) is 5.92 Å². The van der Waals surface area contributed by atoms with Crippen LogP contribution in [0, 0.1) is 5.92 Å². The molecule has 19 heavy (non-hydrogen) atoms. The first-order valence-corrected chi connectivity index (χ1v) is 7.73. The molecule has 1 N–H and O–H groups in total. The van der Waals surface area contributed by atoms with Crippen LogP contribution in [0.2, 0.25) is 0 Å². The van der Waals surface area contributed by atoms with Gasteiger partial charge in [0.1, 0.15) is 5.82 Å². The van der Waals surface area contributed by atoms with Crippen molar-refractivity contribution in [2.75, 3.05) is 25.0 Å². The third kappa shape index (κ3) is 4.50. The van der Waals surface area contributed by atoms with Gasteiger partial charge in [0, 0.05) is 19.3 Å². The first-order chi connectivity index (χ1) is 9.31. The predicted octanol–water partition coefficient (Wildman–Crippen LogP) is 3.53. The Balaban J connectivity index is 1.85. The largest absolute Gasteiger partial charge is 0.370 e. The third-order valence-corrected chi connectivity index (χ3v) is 4.07. The van der Waals surface area contributed by atoms with Gasteiger partial charge in [0.25, 0.3) is 0 Å². The zero-order valence-corrected chi connectivity index (χ0v) is 12.4. The van der Waals surface area contributed by atoms with Gasteiger partial charge >= 0.3 is 0 Å². The summed E-state index contributed by atoms with van der Waals surface area (Å²) in [5.41, 5.74) is 1.38. The Morgan fingerprint density at radius 1 is 1.32 bits per heavy atom. The van der Waals surface area contributed by atoms with Gasteiger partial charge < -0.3 is 5.32 Å². The zero-order valence-electron chi connectivity index (χ0n) is 12.4. The van der Waals surface area contributed by atoms with E-state index in [9.17, 15) is 0 Å². The Kier molecular flexibility index (Phi) is 5.64. The SMILES string of the molecule is CCCNc1cc(CN2CCC(CC)CC2)ccn1. The summed E-state index contributed by atoms with van der Waals surface area (Å²) in [6, 6.07) is 4.34. The molecule has 0 atom stereocenters. The van der Waals surface area contributed by atoms with Crippen molar-refractivity contribution in [3.05, 3.63) is 23.9 Å². The van der Waals surface area contributed by atoms with Gasteiger partial charge in [-0.25, -0.2) is 4.98 Å². The minimum absolute atomic E-state index is 0.954. The van der Waals surface area contributed by atoms with E-state index in [0.29, 0.717) is 0 Å². The highest BCUT2D eigenvalue weighted by atomic mass is 15.1. The molecule has 2 heterocycles. The van der Waals surface area contributed by atoms with E-state index in [2.05, 4.69) is 41.2 Å². The maximum atomic E-state index is 4.37. The maximum Gasteiger partial charge on any atom is 0.126 e. The van der Waals surface area contributed by atoms with Crippen molar-refractivity contribution < 1.29 is 0 Å². The summed E-state index contributed by atoms with van der Waals surface area (Å²) < 4.78 is 0. The second-order valence-corrected chi connectivity index (χ2v) is 5.60. The number of likely N-dealkylation sites (tertiary alicyclic amines) is 1. The fourth-order valence-corrected chi connectivity index (χ4v) is 2.73. The molecule has 1 fully saturated rings. The molecular weight excluding hydrogens is 234 g/mol. The molecule has 0 saturated carbocycles. The number of rotatable bonds is 6. The van der Waals surface area contributed by atoms with Crippen molar-refractivity contribution >= 4 is 5.82 Å². The first-order valence-electron chi connectivity index (χ1n) is 7.73. The van der Waals surface area contributed by atoms with Gasteiger partial charge in [-0.2, -0.15) is 0 Å². The van der Waals surface area contributed by atoms with Crippen LogP contribution in [-0.2, 0) is 6.54 Å². The summed E-state index contributed by atoms with van der Waals surface area (Å²) in [6.07, 6.45) is 7.13. The number of aromatic nitrogens is 1. The summed E-state index contributed by atoms with van der Waals surface area (Å²) in [5.74, 6) is 1.97. The Morgan fingerprint density at radius 2 is 2.11 bits per heavy atom. The molecule has 1 aromatic rings. The second-order valence-electron chi connectivity index (χ2n) is 5.60. The maximum absolute atomic E-state index is 4.37. The zero-order chi connectivity index (χ0) is 13.5. The molecule has 0 amide bonds. The molecule has 0 radical (unpaired) electrons. The van der Waals surface area contributed by atoms with Crippen LogP contribution in [0.25, 0.3) is 0 Å². The Bertz CT molecular complexity index is 370. The highest BCUT2D eigenvalue weighted by Gasteiger charge is 2.17. The fourth-order valence-electron chi connectivity index (χ4n) is 2.73. The van der Waals surface area contributed by atoms with Crippen LogP contribution in [0.5, 0.6) is 0 Å². The van der Waals surface area contributed by atoms with E-state index >= 15 is 0 Å². The van der Waals surface area contributed by atoms with Crippen LogP contribution in [0.3, 0.4) is 0 Å². The number of piperidine rings is 1. The normalized spacial score (nSPS) is 17.6. The number of nitrogens with one attached hydrogen (secondary N) is 1. The van der Waals surface area contributed by atoms with Gasteiger partial charge in [0.05, 0.1) is 0 Å². The number of pyridine rings is 1. The van der Waals surface area contributed by atoms with Gasteiger partial charge in [-0.3, -0.25) is 4.90 Å². The van der Waals surface area contributed by atoms with Gasteiger partial charge in [0.15, 0.2) is 0 Å². The number of hydrogen-bond donors (Lipinski definition) is 1. The Morgan fingerprint density at radius 3 is 2.79 bits per heavy atom. The average molecular weight is 261 g/mol. The monoisotopic (exact) mass is 261 g/mol. The molecule has 106 valence electrons. The number of nitrogens with zero attached hydrogens (tertiary/aromatic N) is 2. The molecule has 0 aliphatic carbocycles. The lowest BCUT2D eigenvalue weighted by molar-refractivity contribution is 0.175. The van der Waals surface area contributed by atoms with Crippen LogP contribution in [0.4, 0.5) is 5.82 Å². The van der Waals surface area contributed by atoms with E-state index in [1.807, 2.05) is 6.20 Å². The van der Waals surface area contributed by atoms with Crippen LogP contribution < -0.4 is 5.32 Å². The highest BCUT2D eigenvalue weighted by molar-refractivity contribution is 5.37. The van der Waals surface area contributed by atoms with E-state index in [1.54, 1.807) is 0 Å². The molecule has 3 nitrogen and oxygen atoms in total. The smallest absolute Gasteiger partial charge is 0.126 e. The van der Waals surface area contributed by atoms with Gasteiger partial charge in [0.2, 0.25) is 0 Å². The molecule has 0 spiro atoms. The van der Waals surface area contributed by atoms with Crippen molar-refractivity contribution in [3.8, 4) is 0 Å². The lowest BCUT2D eigenvalue weighted by atomic mass is 9.94. The number of hydrogen-bond acceptors (Lipinski definition) is 3. The minimum atomic E-state index is 0.954. The predicted molar refractivity (Wildman–Crippen MR) is 81.3 cm³/mol. The molecule has 2 rings (SSSR count). The quantitative estimate of drug-likeness (QED) is 0.849. The van der Waals surface area contributed by atoms with E-state index in [1.165, 1.54) is 37.9 Å². The summed E-state index contributed by atoms with van der Waals surface area (Å²) in [4.78, 5) is 6.94. The molecule has 3 heteroatoms. The van der Waals surface area contributed by atoms with Crippen molar-refractivity contribution in [1.29, 1.82) is 0 Å². The third-order valence-electron chi connectivity index (χ3n) is 4.07. The topological polar surface area (TPSA) is 28.2 Å². The van der Waals surface area contributed by atoms with E-state index in [-0.39, 0.29) is 0 Å². The van der Waals surface area contributed by atoms with E-state index in [4.69, 9.17) is 0 Å². The molecule has 0 unspecified atom stereocenters. The van der Waals surface area contributed by atoms with Crippen LogP contribution >= 0.6 is 0 Å². The van der Waals surface area contributed by atoms with Gasteiger partial charge in [-0.05, 0) is 56.0 Å². The van der Waals surface area contributed by atoms with Crippen LogP contribution in [-0.4, -0.2) is 29.5 Å². The summed E-state index contributed by atoms with van der Waals surface area (Å²) >= 11 is 0. The summed E-state index contributed by atoms with van der Waals surface area (Å²) in [7, 11) is 0. The lowest BCUT2D eigenvalue weighted by Crippen LogP contribution is -2.33. The molecule has 1 aliphatic rings. The van der Waals surface area contributed by atoms with Crippen LogP contribution in [0.15, 0.2) is 18.3 Å². The van der Waals surface area contributed by atoms with Gasteiger partial charge in [-0.1, -0.05) is 20.3 Å². The second kappa shape index (κ2) is 7.49. The molecule has 1 aliphatic heterocycles. The van der Waals surface area contributed by atoms with Crippen molar-refractivity contribution in [2.45, 2.75) is 46.1 Å². The fraction of sp³-hybridized carbons (Fsp3) is 0.688. The van der Waals surface area contributed by atoms with Gasteiger partial charge in [-0.15, -0.1) is 0 Å². The Labute approximate surface area is 117 Å². The van der Waals surface area contributed by atoms with Crippen molar-refractivity contribution in [1.82, 2.24) is 9.88 Å². The molecule has 1 aromatic heterocycles. The molecule has 1 saturated heterocycles. The molecular formula is C16H27N3. The summed E-state index contributed by atoms with van der Waals surface area (Å²) in [5, 5.41) is 3.36. The molecule has 0 bridgehead atoms. The van der Waals surface area contributed by atoms with E-state index < -0.39 is 0 Å². The first kappa shape index (κ1) is 14.3. The van der Waals surface area contributed by atoms with Crippen molar-refractivity contribution in [3.63, 3.8) is 0 Å². The standard InChI is InChI=1S/C16H27N3/c1-3-8-17-16-12-15(5-9-18-16)13-19-10-6-14(4-2)7-11-19/h5,9,12,14H,3-4,6-8,10-11,13H2,1-2H3,(H,17,18). The van der Waals surface area contributed by atoms with Crippen LogP contribution in [0.1, 0.15) is 45.1 Å². The van der Waals surface area contributed by atoms with E-state index in [0.717, 1.165) is 31.2 Å². The minimum Gasteiger partial charge on any atom is -0.370 e. The Hall–Kier alpha value is -1.09. The number of anilines is 1. The molecule has 0 aromatic carbocycles. The highest BCUT2D eigenvalue weighted by Crippen LogP contribution is 2.21. The average Bonchev–Trinajstić information content (AvgIpc) is 2.46. The summed E-state index contributed by atoms with van der Waals surface area (Å²) in [6.45, 7) is 9.05. The lowest BCUT2D eigenvalue weighted by Gasteiger charge is -2.31.